The van der Waals surface area contributed by atoms with Crippen molar-refractivity contribution in [3.63, 3.8) is 0 Å². The number of carbonyl (C=O) groups excluding carboxylic acids is 2. The Balaban J connectivity index is 1.49. The van der Waals surface area contributed by atoms with Crippen molar-refractivity contribution >= 4 is 40.5 Å². The van der Waals surface area contributed by atoms with E-state index in [0.717, 1.165) is 16.5 Å². The Bertz CT molecular complexity index is 1430. The largest absolute Gasteiger partial charge is 0.342 e. The molecule has 8 heteroatoms. The number of benzene rings is 3. The Hall–Kier alpha value is -3.97. The quantitative estimate of drug-likeness (QED) is 0.249. The number of amides is 2. The molecule has 36 heavy (non-hydrogen) atoms. The molecule has 2 N–H and O–H groups in total. The van der Waals surface area contributed by atoms with E-state index in [9.17, 15) is 14.0 Å². The SMILES string of the molecule is CC(C)C(NC(=O)c1cccc(Cl)c1)C(=O)NN=Cc1cn(Cc2ccccc2F)c2ccccc12. The van der Waals surface area contributed by atoms with Crippen LogP contribution in [0.25, 0.3) is 10.9 Å². The second-order valence-electron chi connectivity index (χ2n) is 8.76. The van der Waals surface area contributed by atoms with Gasteiger partial charge in [0.05, 0.1) is 12.8 Å². The first kappa shape index (κ1) is 25.1. The fraction of sp³-hybridized carbons (Fsp3) is 0.179. The van der Waals surface area contributed by atoms with Crippen molar-refractivity contribution in [3.8, 4) is 0 Å². The highest BCUT2D eigenvalue weighted by Gasteiger charge is 2.24. The third-order valence-electron chi connectivity index (χ3n) is 5.82. The Morgan fingerprint density at radius 3 is 2.56 bits per heavy atom. The van der Waals surface area contributed by atoms with Crippen molar-refractivity contribution in [2.75, 3.05) is 0 Å². The molecule has 0 fully saturated rings. The van der Waals surface area contributed by atoms with Gasteiger partial charge in [0.25, 0.3) is 11.8 Å². The number of hydrazone groups is 1. The molecule has 3 aromatic carbocycles. The predicted octanol–water partition coefficient (Wildman–Crippen LogP) is 5.39. The van der Waals surface area contributed by atoms with Crippen molar-refractivity contribution < 1.29 is 14.0 Å². The van der Waals surface area contributed by atoms with Crippen molar-refractivity contribution in [1.82, 2.24) is 15.3 Å². The Labute approximate surface area is 213 Å². The highest BCUT2D eigenvalue weighted by molar-refractivity contribution is 6.31. The first-order valence-electron chi connectivity index (χ1n) is 11.5. The van der Waals surface area contributed by atoms with Gasteiger partial charge in [0.15, 0.2) is 0 Å². The minimum atomic E-state index is -0.795. The minimum Gasteiger partial charge on any atom is -0.342 e. The molecule has 0 saturated heterocycles. The molecule has 1 heterocycles. The van der Waals surface area contributed by atoms with E-state index >= 15 is 0 Å². The third kappa shape index (κ3) is 5.80. The van der Waals surface area contributed by atoms with Gasteiger partial charge in [0.2, 0.25) is 0 Å². The van der Waals surface area contributed by atoms with Gasteiger partial charge in [0.1, 0.15) is 11.9 Å². The van der Waals surface area contributed by atoms with E-state index in [1.807, 2.05) is 48.9 Å². The van der Waals surface area contributed by atoms with Crippen LogP contribution in [0, 0.1) is 11.7 Å². The number of rotatable bonds is 8. The second-order valence-corrected chi connectivity index (χ2v) is 9.20. The molecular formula is C28H26ClFN4O2. The van der Waals surface area contributed by atoms with Gasteiger partial charge in [-0.05, 0) is 36.2 Å². The Morgan fingerprint density at radius 2 is 1.81 bits per heavy atom. The molecule has 0 bridgehead atoms. The normalized spacial score (nSPS) is 12.2. The summed E-state index contributed by atoms with van der Waals surface area (Å²) in [7, 11) is 0. The zero-order valence-corrected chi connectivity index (χ0v) is 20.7. The number of fused-ring (bicyclic) bond motifs is 1. The van der Waals surface area contributed by atoms with Crippen molar-refractivity contribution in [2.24, 2.45) is 11.0 Å². The summed E-state index contributed by atoms with van der Waals surface area (Å²) in [6.45, 7) is 4.03. The lowest BCUT2D eigenvalue weighted by atomic mass is 10.0. The van der Waals surface area contributed by atoms with E-state index < -0.39 is 17.9 Å². The molecule has 2 amide bonds. The van der Waals surface area contributed by atoms with E-state index in [2.05, 4.69) is 15.8 Å². The van der Waals surface area contributed by atoms with Gasteiger partial charge in [-0.15, -0.1) is 0 Å². The van der Waals surface area contributed by atoms with Crippen molar-refractivity contribution in [1.29, 1.82) is 0 Å². The lowest BCUT2D eigenvalue weighted by molar-refractivity contribution is -0.123. The van der Waals surface area contributed by atoms with E-state index in [1.54, 1.807) is 48.7 Å². The van der Waals surface area contributed by atoms with Gasteiger partial charge in [-0.3, -0.25) is 9.59 Å². The molecule has 4 aromatic rings. The molecule has 0 spiro atoms. The highest BCUT2D eigenvalue weighted by Crippen LogP contribution is 2.22. The van der Waals surface area contributed by atoms with Gasteiger partial charge in [-0.1, -0.05) is 67.9 Å². The highest BCUT2D eigenvalue weighted by atomic mass is 35.5. The zero-order chi connectivity index (χ0) is 25.7. The van der Waals surface area contributed by atoms with Crippen LogP contribution in [0.1, 0.15) is 35.3 Å². The standard InChI is InChI=1S/C28H26ClFN4O2/c1-18(2)26(32-27(35)19-9-7-10-22(29)14-19)28(36)33-31-15-21-17-34(25-13-6-4-11-23(21)25)16-20-8-3-5-12-24(20)30/h3-15,17-18,26H,16H2,1-2H3,(H,32,35)(H,33,36). The molecule has 1 aromatic heterocycles. The molecule has 0 radical (unpaired) electrons. The minimum absolute atomic E-state index is 0.175. The smallest absolute Gasteiger partial charge is 0.262 e. The van der Waals surface area contributed by atoms with Crippen LogP contribution in [0.2, 0.25) is 5.02 Å². The summed E-state index contributed by atoms with van der Waals surface area (Å²) in [5.41, 5.74) is 5.16. The molecule has 0 aliphatic heterocycles. The molecule has 6 nitrogen and oxygen atoms in total. The summed E-state index contributed by atoms with van der Waals surface area (Å²) < 4.78 is 16.2. The molecule has 184 valence electrons. The summed E-state index contributed by atoms with van der Waals surface area (Å²) >= 11 is 5.97. The average molecular weight is 505 g/mol. The summed E-state index contributed by atoms with van der Waals surface area (Å²) in [6.07, 6.45) is 3.42. The maximum Gasteiger partial charge on any atom is 0.262 e. The summed E-state index contributed by atoms with van der Waals surface area (Å²) in [5, 5.41) is 8.25. The van der Waals surface area contributed by atoms with E-state index in [1.165, 1.54) is 6.07 Å². The maximum absolute atomic E-state index is 14.2. The maximum atomic E-state index is 14.2. The Kier molecular flexibility index (Phi) is 7.80. The molecule has 1 atom stereocenters. The first-order valence-corrected chi connectivity index (χ1v) is 11.9. The number of nitrogens with zero attached hydrogens (tertiary/aromatic N) is 2. The number of nitrogens with one attached hydrogen (secondary N) is 2. The topological polar surface area (TPSA) is 75.5 Å². The first-order chi connectivity index (χ1) is 17.3. The van der Waals surface area contributed by atoms with Gasteiger partial charge < -0.3 is 9.88 Å². The fourth-order valence-corrected chi connectivity index (χ4v) is 4.13. The second kappa shape index (κ2) is 11.2. The lowest BCUT2D eigenvalue weighted by Gasteiger charge is -2.20. The van der Waals surface area contributed by atoms with Gasteiger partial charge >= 0.3 is 0 Å². The number of hydrogen-bond acceptors (Lipinski definition) is 3. The average Bonchev–Trinajstić information content (AvgIpc) is 3.21. The van der Waals surface area contributed by atoms with Crippen molar-refractivity contribution in [3.05, 3.63) is 107 Å². The lowest BCUT2D eigenvalue weighted by Crippen LogP contribution is -2.48. The van der Waals surface area contributed by atoms with Crippen LogP contribution in [0.15, 0.2) is 84.1 Å². The number of para-hydroxylation sites is 1. The van der Waals surface area contributed by atoms with E-state index in [4.69, 9.17) is 11.6 Å². The Morgan fingerprint density at radius 1 is 1.06 bits per heavy atom. The van der Waals surface area contributed by atoms with Crippen LogP contribution in [0.4, 0.5) is 4.39 Å². The molecule has 0 saturated carbocycles. The zero-order valence-electron chi connectivity index (χ0n) is 19.9. The molecular weight excluding hydrogens is 479 g/mol. The molecule has 0 aliphatic rings. The van der Waals surface area contributed by atoms with Crippen LogP contribution in [-0.2, 0) is 11.3 Å². The monoisotopic (exact) mass is 504 g/mol. The fourth-order valence-electron chi connectivity index (χ4n) is 3.94. The molecule has 1 unspecified atom stereocenters. The summed E-state index contributed by atoms with van der Waals surface area (Å²) in [4.78, 5) is 25.5. The summed E-state index contributed by atoms with van der Waals surface area (Å²) in [6, 6.07) is 20.1. The number of hydrogen-bond donors (Lipinski definition) is 2. The van der Waals surface area contributed by atoms with Gasteiger partial charge in [0, 0.05) is 38.8 Å². The van der Waals surface area contributed by atoms with Crippen LogP contribution in [0.3, 0.4) is 0 Å². The number of carbonyl (C=O) groups is 2. The van der Waals surface area contributed by atoms with Crippen molar-refractivity contribution in [2.45, 2.75) is 26.4 Å². The number of aromatic nitrogens is 1. The predicted molar refractivity (Wildman–Crippen MR) is 141 cm³/mol. The molecule has 4 rings (SSSR count). The summed E-state index contributed by atoms with van der Waals surface area (Å²) in [5.74, 6) is -1.28. The van der Waals surface area contributed by atoms with Crippen LogP contribution in [0.5, 0.6) is 0 Å². The molecule has 0 aliphatic carbocycles. The van der Waals surface area contributed by atoms with E-state index in [0.29, 0.717) is 22.7 Å². The van der Waals surface area contributed by atoms with Crippen LogP contribution < -0.4 is 10.7 Å². The van der Waals surface area contributed by atoms with E-state index in [-0.39, 0.29) is 11.7 Å². The van der Waals surface area contributed by atoms with Gasteiger partial charge in [-0.25, -0.2) is 9.82 Å². The third-order valence-corrected chi connectivity index (χ3v) is 6.05. The number of halogens is 2. The van der Waals surface area contributed by atoms with Crippen LogP contribution >= 0.6 is 11.6 Å². The van der Waals surface area contributed by atoms with Crippen LogP contribution in [-0.4, -0.2) is 28.6 Å². The van der Waals surface area contributed by atoms with Gasteiger partial charge in [-0.2, -0.15) is 5.10 Å².